The number of halogens is 1. The van der Waals surface area contributed by atoms with Crippen LogP contribution in [-0.2, 0) is 19.5 Å². The van der Waals surface area contributed by atoms with Crippen molar-refractivity contribution in [2.24, 2.45) is 0 Å². The van der Waals surface area contributed by atoms with Crippen LogP contribution in [0.1, 0.15) is 17.3 Å². The van der Waals surface area contributed by atoms with E-state index in [0.717, 1.165) is 5.56 Å². The second-order valence-electron chi connectivity index (χ2n) is 1.84. The van der Waals surface area contributed by atoms with E-state index in [0.29, 0.717) is 0 Å². The van der Waals surface area contributed by atoms with E-state index in [-0.39, 0.29) is 49.2 Å². The van der Waals surface area contributed by atoms with E-state index in [1.165, 1.54) is 0 Å². The molecule has 3 heteroatoms. The van der Waals surface area contributed by atoms with Crippen LogP contribution in [0.25, 0.3) is 0 Å². The Kier molecular flexibility index (Phi) is 8.69. The van der Waals surface area contributed by atoms with E-state index in [1.54, 1.807) is 31.2 Å². The SMILES string of the molecule is CC(=O)c1cc[c-]cc1.I.[Zn]. The molecule has 1 aromatic rings. The fourth-order valence-electron chi connectivity index (χ4n) is 0.622. The Hall–Kier alpha value is 0.243. The van der Waals surface area contributed by atoms with Gasteiger partial charge in [-0.15, -0.1) is 24.0 Å². The second kappa shape index (κ2) is 6.92. The third-order valence-electron chi connectivity index (χ3n) is 1.12. The van der Waals surface area contributed by atoms with Crippen LogP contribution in [0.15, 0.2) is 24.3 Å². The molecule has 1 nitrogen and oxygen atoms in total. The number of Topliss-reactive ketones (excluding diaryl/α,β-unsaturated/α-hetero) is 1. The van der Waals surface area contributed by atoms with Crippen molar-refractivity contribution in [2.45, 2.75) is 6.92 Å². The summed E-state index contributed by atoms with van der Waals surface area (Å²) in [6.07, 6.45) is 0. The molecule has 0 atom stereocenters. The van der Waals surface area contributed by atoms with E-state index in [4.69, 9.17) is 0 Å². The molecule has 1 aromatic carbocycles. The van der Waals surface area contributed by atoms with Gasteiger partial charge in [0.1, 0.15) is 5.78 Å². The molecule has 1 rings (SSSR count). The number of rotatable bonds is 1. The maximum atomic E-state index is 10.6. The smallest absolute Gasteiger partial charge is 0.135 e. The summed E-state index contributed by atoms with van der Waals surface area (Å²) in [4.78, 5) is 10.6. The van der Waals surface area contributed by atoms with E-state index in [2.05, 4.69) is 6.07 Å². The van der Waals surface area contributed by atoms with E-state index >= 15 is 0 Å². The maximum Gasteiger partial charge on any atom is 0.135 e. The fourth-order valence-corrected chi connectivity index (χ4v) is 0.622. The topological polar surface area (TPSA) is 17.1 Å². The molecule has 0 heterocycles. The molecule has 0 bridgehead atoms. The van der Waals surface area contributed by atoms with Crippen molar-refractivity contribution in [1.29, 1.82) is 0 Å². The van der Waals surface area contributed by atoms with Crippen molar-refractivity contribution in [2.75, 3.05) is 0 Å². The summed E-state index contributed by atoms with van der Waals surface area (Å²) in [7, 11) is 0. The molecule has 0 spiro atoms. The van der Waals surface area contributed by atoms with Gasteiger partial charge in [-0.05, 0) is 6.92 Å². The molecule has 0 aromatic heterocycles. The molecular formula is C8H8IOZn-. The van der Waals surface area contributed by atoms with Crippen LogP contribution in [0.2, 0.25) is 0 Å². The molecule has 0 amide bonds. The van der Waals surface area contributed by atoms with E-state index < -0.39 is 0 Å². The average Bonchev–Trinajstić information content (AvgIpc) is 1.90. The third kappa shape index (κ3) is 4.64. The normalized spacial score (nSPS) is 7.36. The number of benzene rings is 1. The molecule has 56 valence electrons. The van der Waals surface area contributed by atoms with Crippen LogP contribution < -0.4 is 0 Å². The van der Waals surface area contributed by atoms with Crippen molar-refractivity contribution < 1.29 is 24.3 Å². The molecule has 0 aliphatic rings. The van der Waals surface area contributed by atoms with Crippen molar-refractivity contribution in [3.8, 4) is 0 Å². The van der Waals surface area contributed by atoms with Gasteiger partial charge in [-0.25, -0.2) is 0 Å². The molecule has 0 unspecified atom stereocenters. The molecule has 0 N–H and O–H groups in total. The Morgan fingerprint density at radius 1 is 1.36 bits per heavy atom. The zero-order valence-electron chi connectivity index (χ0n) is 6.33. The number of ketones is 1. The minimum atomic E-state index is 0. The van der Waals surface area contributed by atoms with Gasteiger partial charge in [0.15, 0.2) is 0 Å². The molecule has 0 radical (unpaired) electrons. The zero-order valence-corrected chi connectivity index (χ0v) is 11.6. The second-order valence-corrected chi connectivity index (χ2v) is 1.84. The van der Waals surface area contributed by atoms with Crippen molar-refractivity contribution in [1.82, 2.24) is 0 Å². The molecule has 0 aliphatic heterocycles. The minimum Gasteiger partial charge on any atom is -0.297 e. The number of hydrogen-bond acceptors (Lipinski definition) is 1. The van der Waals surface area contributed by atoms with Crippen molar-refractivity contribution >= 4 is 29.8 Å². The predicted octanol–water partition coefficient (Wildman–Crippen LogP) is 2.30. The molecular weight excluding hydrogens is 304 g/mol. The largest absolute Gasteiger partial charge is 0.297 e. The summed E-state index contributed by atoms with van der Waals surface area (Å²) in [6, 6.07) is 9.81. The molecule has 0 fully saturated rings. The van der Waals surface area contributed by atoms with Crippen LogP contribution >= 0.6 is 24.0 Å². The first kappa shape index (κ1) is 13.8. The summed E-state index contributed by atoms with van der Waals surface area (Å²) in [6.45, 7) is 1.55. The van der Waals surface area contributed by atoms with Crippen LogP contribution in [0.3, 0.4) is 0 Å². The Morgan fingerprint density at radius 2 is 1.82 bits per heavy atom. The first-order valence-electron chi connectivity index (χ1n) is 2.78. The first-order chi connectivity index (χ1) is 4.30. The van der Waals surface area contributed by atoms with Gasteiger partial charge in [0.25, 0.3) is 0 Å². The quantitative estimate of drug-likeness (QED) is 0.337. The van der Waals surface area contributed by atoms with Gasteiger partial charge in [-0.1, -0.05) is 5.56 Å². The standard InChI is InChI=1S/C8H7O.HI.Zn/c1-7(9)8-5-3-2-4-6-8;;/h3-6H,1H3;1H;/q-1;;. The summed E-state index contributed by atoms with van der Waals surface area (Å²) >= 11 is 0. The summed E-state index contributed by atoms with van der Waals surface area (Å²) in [5.41, 5.74) is 0.744. The summed E-state index contributed by atoms with van der Waals surface area (Å²) in [5.74, 6) is 0.101. The Morgan fingerprint density at radius 3 is 2.09 bits per heavy atom. The Bertz CT molecular complexity index is 211. The number of carbonyl (C=O) groups excluding carboxylic acids is 1. The zero-order chi connectivity index (χ0) is 6.69. The maximum absolute atomic E-state index is 10.6. The van der Waals surface area contributed by atoms with Gasteiger partial charge >= 0.3 is 0 Å². The van der Waals surface area contributed by atoms with Gasteiger partial charge in [0, 0.05) is 19.5 Å². The average molecular weight is 312 g/mol. The van der Waals surface area contributed by atoms with Gasteiger partial charge in [0.2, 0.25) is 0 Å². The Balaban J connectivity index is 0. The van der Waals surface area contributed by atoms with Crippen molar-refractivity contribution in [3.63, 3.8) is 0 Å². The van der Waals surface area contributed by atoms with Gasteiger partial charge in [-0.3, -0.25) is 4.79 Å². The fraction of sp³-hybridized carbons (Fsp3) is 0.125. The van der Waals surface area contributed by atoms with E-state index in [1.807, 2.05) is 0 Å². The Labute approximate surface area is 96.3 Å². The summed E-state index contributed by atoms with van der Waals surface area (Å²) < 4.78 is 0. The number of hydrogen-bond donors (Lipinski definition) is 0. The number of carbonyl (C=O) groups is 1. The molecule has 0 saturated heterocycles. The third-order valence-corrected chi connectivity index (χ3v) is 1.12. The van der Waals surface area contributed by atoms with Crippen molar-refractivity contribution in [3.05, 3.63) is 35.9 Å². The van der Waals surface area contributed by atoms with Crippen LogP contribution in [0, 0.1) is 6.07 Å². The predicted molar refractivity (Wildman–Crippen MR) is 50.7 cm³/mol. The van der Waals surface area contributed by atoms with E-state index in [9.17, 15) is 4.79 Å². The minimum absolute atomic E-state index is 0. The van der Waals surface area contributed by atoms with Gasteiger partial charge < -0.3 is 0 Å². The monoisotopic (exact) mass is 311 g/mol. The summed E-state index contributed by atoms with van der Waals surface area (Å²) in [5, 5.41) is 0. The van der Waals surface area contributed by atoms with Crippen LogP contribution in [0.5, 0.6) is 0 Å². The molecule has 0 aliphatic carbocycles. The molecule has 11 heavy (non-hydrogen) atoms. The van der Waals surface area contributed by atoms with Crippen LogP contribution in [0.4, 0.5) is 0 Å². The van der Waals surface area contributed by atoms with Gasteiger partial charge in [-0.2, -0.15) is 30.3 Å². The first-order valence-corrected chi connectivity index (χ1v) is 2.78. The molecule has 0 saturated carbocycles. The van der Waals surface area contributed by atoms with Gasteiger partial charge in [0.05, 0.1) is 0 Å². The van der Waals surface area contributed by atoms with Crippen LogP contribution in [-0.4, -0.2) is 5.78 Å².